The summed E-state index contributed by atoms with van der Waals surface area (Å²) < 4.78 is 0. The van der Waals surface area contributed by atoms with Gasteiger partial charge in [-0.1, -0.05) is 6.08 Å². The highest BCUT2D eigenvalue weighted by molar-refractivity contribution is 5.11. The molecule has 1 aliphatic rings. The number of rotatable bonds is 1. The molecule has 1 aliphatic heterocycles. The quantitative estimate of drug-likeness (QED) is 0.477. The van der Waals surface area contributed by atoms with Crippen molar-refractivity contribution in [3.8, 4) is 0 Å². The molecule has 0 aromatic carbocycles. The standard InChI is InChI=1S/C6H12N2/c1-8-3-2-6(4-7)5-8/h2H,3-5,7H2,1H3. The van der Waals surface area contributed by atoms with E-state index in [-0.39, 0.29) is 0 Å². The zero-order chi connectivity index (χ0) is 5.98. The van der Waals surface area contributed by atoms with Crippen molar-refractivity contribution in [2.24, 2.45) is 5.73 Å². The van der Waals surface area contributed by atoms with E-state index in [2.05, 4.69) is 18.0 Å². The highest BCUT2D eigenvalue weighted by Gasteiger charge is 2.06. The fraction of sp³-hybridized carbons (Fsp3) is 0.667. The molecule has 0 unspecified atom stereocenters. The lowest BCUT2D eigenvalue weighted by Crippen LogP contribution is -2.16. The first kappa shape index (κ1) is 5.79. The van der Waals surface area contributed by atoms with Crippen LogP contribution in [0.5, 0.6) is 0 Å². The van der Waals surface area contributed by atoms with Crippen molar-refractivity contribution in [3.05, 3.63) is 11.6 Å². The van der Waals surface area contributed by atoms with Gasteiger partial charge in [-0.15, -0.1) is 0 Å². The van der Waals surface area contributed by atoms with Gasteiger partial charge in [-0.05, 0) is 12.6 Å². The summed E-state index contributed by atoms with van der Waals surface area (Å²) in [5.74, 6) is 0. The number of nitrogens with two attached hydrogens (primary N) is 1. The number of hydrogen-bond donors (Lipinski definition) is 1. The average molecular weight is 112 g/mol. The molecule has 0 spiro atoms. The minimum atomic E-state index is 0.727. The third kappa shape index (κ3) is 1.08. The van der Waals surface area contributed by atoms with E-state index in [4.69, 9.17) is 5.73 Å². The molecule has 1 rings (SSSR count). The van der Waals surface area contributed by atoms with Crippen LogP contribution in [-0.4, -0.2) is 31.6 Å². The van der Waals surface area contributed by atoms with Gasteiger partial charge in [0.05, 0.1) is 0 Å². The molecule has 0 amide bonds. The minimum absolute atomic E-state index is 0.727. The Hall–Kier alpha value is -0.340. The van der Waals surface area contributed by atoms with E-state index in [9.17, 15) is 0 Å². The number of nitrogens with zero attached hydrogens (tertiary/aromatic N) is 1. The fourth-order valence-electron chi connectivity index (χ4n) is 0.909. The fourth-order valence-corrected chi connectivity index (χ4v) is 0.909. The summed E-state index contributed by atoms with van der Waals surface area (Å²) in [4.78, 5) is 2.24. The zero-order valence-corrected chi connectivity index (χ0v) is 5.22. The number of likely N-dealkylation sites (N-methyl/N-ethyl adjacent to an activating group) is 1. The predicted octanol–water partition coefficient (Wildman–Crippen LogP) is -0.183. The van der Waals surface area contributed by atoms with Gasteiger partial charge in [0, 0.05) is 19.6 Å². The maximum absolute atomic E-state index is 5.40. The number of hydrogen-bond acceptors (Lipinski definition) is 2. The van der Waals surface area contributed by atoms with Crippen molar-refractivity contribution in [1.29, 1.82) is 0 Å². The largest absolute Gasteiger partial charge is 0.327 e. The lowest BCUT2D eigenvalue weighted by Gasteiger charge is -2.04. The third-order valence-electron chi connectivity index (χ3n) is 1.43. The van der Waals surface area contributed by atoms with Crippen molar-refractivity contribution in [3.63, 3.8) is 0 Å². The molecule has 0 aliphatic carbocycles. The molecule has 0 aromatic rings. The smallest absolute Gasteiger partial charge is 0.0206 e. The molecule has 0 saturated carbocycles. The van der Waals surface area contributed by atoms with E-state index in [0.717, 1.165) is 19.6 Å². The van der Waals surface area contributed by atoms with Crippen LogP contribution in [0.3, 0.4) is 0 Å². The van der Waals surface area contributed by atoms with Crippen molar-refractivity contribution in [2.45, 2.75) is 0 Å². The topological polar surface area (TPSA) is 29.3 Å². The van der Waals surface area contributed by atoms with Gasteiger partial charge >= 0.3 is 0 Å². The van der Waals surface area contributed by atoms with E-state index < -0.39 is 0 Å². The van der Waals surface area contributed by atoms with Gasteiger partial charge in [0.25, 0.3) is 0 Å². The van der Waals surface area contributed by atoms with E-state index >= 15 is 0 Å². The summed E-state index contributed by atoms with van der Waals surface area (Å²) in [5.41, 5.74) is 6.77. The molecule has 0 bridgehead atoms. The van der Waals surface area contributed by atoms with Crippen LogP contribution in [0, 0.1) is 0 Å². The lowest BCUT2D eigenvalue weighted by molar-refractivity contribution is 0.428. The van der Waals surface area contributed by atoms with Crippen molar-refractivity contribution in [2.75, 3.05) is 26.7 Å². The molecule has 0 radical (unpaired) electrons. The Balaban J connectivity index is 2.37. The Bertz CT molecular complexity index is 107. The normalized spacial score (nSPS) is 21.5. The lowest BCUT2D eigenvalue weighted by atomic mass is 10.3. The molecular weight excluding hydrogens is 100 g/mol. The van der Waals surface area contributed by atoms with E-state index in [1.165, 1.54) is 5.57 Å². The first-order valence-corrected chi connectivity index (χ1v) is 2.89. The van der Waals surface area contributed by atoms with Crippen LogP contribution in [-0.2, 0) is 0 Å². The molecule has 0 atom stereocenters. The maximum atomic E-state index is 5.40. The Morgan fingerprint density at radius 2 is 2.62 bits per heavy atom. The molecule has 2 nitrogen and oxygen atoms in total. The molecule has 0 saturated heterocycles. The monoisotopic (exact) mass is 112 g/mol. The van der Waals surface area contributed by atoms with Gasteiger partial charge in [0.1, 0.15) is 0 Å². The van der Waals surface area contributed by atoms with Gasteiger partial charge in [-0.25, -0.2) is 0 Å². The van der Waals surface area contributed by atoms with Crippen LogP contribution in [0.4, 0.5) is 0 Å². The van der Waals surface area contributed by atoms with Crippen molar-refractivity contribution < 1.29 is 0 Å². The second kappa shape index (κ2) is 2.29. The molecular formula is C6H12N2. The Kier molecular flexibility index (Phi) is 1.65. The van der Waals surface area contributed by atoms with E-state index in [1.54, 1.807) is 0 Å². The Morgan fingerprint density at radius 1 is 1.88 bits per heavy atom. The van der Waals surface area contributed by atoms with E-state index in [1.807, 2.05) is 0 Å². The summed E-state index contributed by atoms with van der Waals surface area (Å²) in [6.07, 6.45) is 2.19. The zero-order valence-electron chi connectivity index (χ0n) is 5.22. The molecule has 2 N–H and O–H groups in total. The van der Waals surface area contributed by atoms with Gasteiger partial charge < -0.3 is 5.73 Å². The Labute approximate surface area is 50.0 Å². The SMILES string of the molecule is CN1CC=C(CN)C1. The summed E-state index contributed by atoms with van der Waals surface area (Å²) in [6.45, 7) is 2.87. The van der Waals surface area contributed by atoms with Gasteiger partial charge in [0.2, 0.25) is 0 Å². The molecule has 0 aromatic heterocycles. The molecule has 0 fully saturated rings. The molecule has 2 heteroatoms. The van der Waals surface area contributed by atoms with Crippen LogP contribution in [0.25, 0.3) is 0 Å². The van der Waals surface area contributed by atoms with Crippen LogP contribution < -0.4 is 5.73 Å². The van der Waals surface area contributed by atoms with Crippen LogP contribution >= 0.6 is 0 Å². The third-order valence-corrected chi connectivity index (χ3v) is 1.43. The predicted molar refractivity (Wildman–Crippen MR) is 34.6 cm³/mol. The highest BCUT2D eigenvalue weighted by atomic mass is 15.1. The van der Waals surface area contributed by atoms with Crippen molar-refractivity contribution in [1.82, 2.24) is 4.90 Å². The summed E-state index contributed by atoms with van der Waals surface area (Å²) in [6, 6.07) is 0. The van der Waals surface area contributed by atoms with Crippen molar-refractivity contribution >= 4 is 0 Å². The summed E-state index contributed by atoms with van der Waals surface area (Å²) >= 11 is 0. The van der Waals surface area contributed by atoms with E-state index in [0.29, 0.717) is 0 Å². The molecule has 1 heterocycles. The molecule has 46 valence electrons. The van der Waals surface area contributed by atoms with Crippen LogP contribution in [0.2, 0.25) is 0 Å². The maximum Gasteiger partial charge on any atom is 0.0206 e. The molecule has 8 heavy (non-hydrogen) atoms. The summed E-state index contributed by atoms with van der Waals surface area (Å²) in [5, 5.41) is 0. The van der Waals surface area contributed by atoms with Gasteiger partial charge in [-0.2, -0.15) is 0 Å². The van der Waals surface area contributed by atoms with Gasteiger partial charge in [0.15, 0.2) is 0 Å². The van der Waals surface area contributed by atoms with Crippen LogP contribution in [0.15, 0.2) is 11.6 Å². The second-order valence-corrected chi connectivity index (χ2v) is 2.26. The first-order valence-electron chi connectivity index (χ1n) is 2.89. The van der Waals surface area contributed by atoms with Crippen LogP contribution in [0.1, 0.15) is 0 Å². The Morgan fingerprint density at radius 3 is 2.88 bits per heavy atom. The van der Waals surface area contributed by atoms with Gasteiger partial charge in [-0.3, -0.25) is 4.90 Å². The summed E-state index contributed by atoms with van der Waals surface area (Å²) in [7, 11) is 2.10. The average Bonchev–Trinajstić information content (AvgIpc) is 2.14. The highest BCUT2D eigenvalue weighted by Crippen LogP contribution is 2.02. The second-order valence-electron chi connectivity index (χ2n) is 2.26. The minimum Gasteiger partial charge on any atom is -0.327 e. The first-order chi connectivity index (χ1) is 3.83.